The lowest BCUT2D eigenvalue weighted by atomic mass is 10.0. The molecule has 1 fully saturated rings. The van der Waals surface area contributed by atoms with Crippen LogP contribution < -0.4 is 0 Å². The molecule has 0 spiro atoms. The molecule has 0 amide bonds. The topological polar surface area (TPSA) is 61.0 Å². The van der Waals surface area contributed by atoms with Crippen molar-refractivity contribution >= 4 is 12.6 Å². The summed E-state index contributed by atoms with van der Waals surface area (Å²) in [5.41, 5.74) is 3.05. The minimum atomic E-state index is 0.130. The van der Waals surface area contributed by atoms with E-state index in [1.54, 1.807) is 4.90 Å². The van der Waals surface area contributed by atoms with Crippen molar-refractivity contribution < 1.29 is 4.84 Å². The first-order chi connectivity index (χ1) is 12.3. The van der Waals surface area contributed by atoms with Gasteiger partial charge in [-0.3, -0.25) is 0 Å². The number of benzene rings is 2. The Hall–Kier alpha value is -3.13. The van der Waals surface area contributed by atoms with Crippen molar-refractivity contribution in [1.29, 1.82) is 5.26 Å². The normalized spacial score (nSPS) is 17.2. The van der Waals surface area contributed by atoms with Gasteiger partial charge in [0.25, 0.3) is 5.90 Å². The smallest absolute Gasteiger partial charge is 0.251 e. The Morgan fingerprint density at radius 1 is 1.20 bits per heavy atom. The van der Waals surface area contributed by atoms with Crippen LogP contribution in [0.4, 0.5) is 0 Å². The Morgan fingerprint density at radius 2 is 2.00 bits per heavy atom. The van der Waals surface area contributed by atoms with Crippen LogP contribution in [0, 0.1) is 11.5 Å². The van der Waals surface area contributed by atoms with Crippen molar-refractivity contribution in [2.75, 3.05) is 13.1 Å². The average Bonchev–Trinajstić information content (AvgIpc) is 3.13. The molecule has 1 atom stereocenters. The van der Waals surface area contributed by atoms with Crippen molar-refractivity contribution in [3.05, 3.63) is 60.2 Å². The predicted octanol–water partition coefficient (Wildman–Crippen LogP) is 3.68. The van der Waals surface area contributed by atoms with Crippen molar-refractivity contribution in [2.45, 2.75) is 18.9 Å². The van der Waals surface area contributed by atoms with E-state index in [1.807, 2.05) is 42.5 Å². The second kappa shape index (κ2) is 8.11. The summed E-state index contributed by atoms with van der Waals surface area (Å²) in [7, 11) is 0. The fraction of sp³-hybridized carbons (Fsp3) is 0.250. The zero-order valence-corrected chi connectivity index (χ0v) is 14.0. The maximum absolute atomic E-state index is 9.15. The Bertz CT molecular complexity index is 795. The maximum atomic E-state index is 9.15. The molecule has 1 aliphatic rings. The van der Waals surface area contributed by atoms with Gasteiger partial charge in [0.1, 0.15) is 0 Å². The molecular weight excluding hydrogens is 312 g/mol. The Labute approximate surface area is 147 Å². The fourth-order valence-electron chi connectivity index (χ4n) is 3.04. The first kappa shape index (κ1) is 16.7. The molecule has 0 aromatic heterocycles. The number of rotatable bonds is 5. The molecule has 2 aromatic carbocycles. The van der Waals surface area contributed by atoms with Gasteiger partial charge in [0.15, 0.2) is 6.19 Å². The number of nitrogens with zero attached hydrogens (tertiary/aromatic N) is 4. The fourth-order valence-corrected chi connectivity index (χ4v) is 3.04. The molecule has 5 nitrogen and oxygen atoms in total. The molecule has 0 aliphatic carbocycles. The summed E-state index contributed by atoms with van der Waals surface area (Å²) in [6.45, 7) is 4.71. The van der Waals surface area contributed by atoms with E-state index in [2.05, 4.69) is 35.2 Å². The summed E-state index contributed by atoms with van der Waals surface area (Å²) >= 11 is 0. The zero-order valence-electron chi connectivity index (χ0n) is 14.0. The lowest BCUT2D eigenvalue weighted by Crippen LogP contribution is -2.27. The SMILES string of the molecule is C=NO/C(=N\CC1CCCN1C#N)c1cccc(-c2ccccc2)c1. The van der Waals surface area contributed by atoms with Gasteiger partial charge in [-0.25, -0.2) is 4.99 Å². The van der Waals surface area contributed by atoms with Gasteiger partial charge in [-0.2, -0.15) is 5.26 Å². The van der Waals surface area contributed by atoms with Gasteiger partial charge in [0.2, 0.25) is 0 Å². The molecule has 1 heterocycles. The number of aliphatic imine (C=N–C) groups is 1. The van der Waals surface area contributed by atoms with Crippen LogP contribution >= 0.6 is 0 Å². The Balaban J connectivity index is 1.84. The summed E-state index contributed by atoms with van der Waals surface area (Å²) in [6.07, 6.45) is 4.22. The molecule has 0 N–H and O–H groups in total. The minimum absolute atomic E-state index is 0.130. The third kappa shape index (κ3) is 4.04. The molecule has 0 bridgehead atoms. The number of hydrogen-bond donors (Lipinski definition) is 0. The van der Waals surface area contributed by atoms with Crippen LogP contribution in [0.5, 0.6) is 0 Å². The summed E-state index contributed by atoms with van der Waals surface area (Å²) < 4.78 is 0. The third-order valence-corrected chi connectivity index (χ3v) is 4.32. The Kier molecular flexibility index (Phi) is 5.43. The first-order valence-corrected chi connectivity index (χ1v) is 8.31. The van der Waals surface area contributed by atoms with Gasteiger partial charge in [-0.1, -0.05) is 47.6 Å². The molecule has 0 saturated carbocycles. The monoisotopic (exact) mass is 332 g/mol. The van der Waals surface area contributed by atoms with Crippen molar-refractivity contribution in [1.82, 2.24) is 4.90 Å². The van der Waals surface area contributed by atoms with E-state index >= 15 is 0 Å². The highest BCUT2D eigenvalue weighted by Gasteiger charge is 2.23. The largest absolute Gasteiger partial charge is 0.337 e. The minimum Gasteiger partial charge on any atom is -0.337 e. The molecule has 1 aliphatic heterocycles. The van der Waals surface area contributed by atoms with Crippen molar-refractivity contribution in [2.24, 2.45) is 10.1 Å². The van der Waals surface area contributed by atoms with E-state index in [4.69, 9.17) is 10.1 Å². The Morgan fingerprint density at radius 3 is 2.76 bits per heavy atom. The van der Waals surface area contributed by atoms with Gasteiger partial charge < -0.3 is 9.74 Å². The highest BCUT2D eigenvalue weighted by atomic mass is 16.6. The lowest BCUT2D eigenvalue weighted by Gasteiger charge is -2.16. The van der Waals surface area contributed by atoms with E-state index in [1.165, 1.54) is 0 Å². The van der Waals surface area contributed by atoms with E-state index in [9.17, 15) is 0 Å². The molecule has 1 unspecified atom stereocenters. The zero-order chi connectivity index (χ0) is 17.5. The van der Waals surface area contributed by atoms with Crippen LogP contribution in [-0.2, 0) is 4.84 Å². The maximum Gasteiger partial charge on any atom is 0.251 e. The standard InChI is InChI=1S/C20H20N4O/c1-22-25-20(23-14-19-11-6-12-24(19)15-21)18-10-5-9-17(13-18)16-7-3-2-4-8-16/h2-5,7-10,13,19H,1,6,11-12,14H2/b23-20-. The number of oxime groups is 1. The van der Waals surface area contributed by atoms with Gasteiger partial charge in [-0.15, -0.1) is 0 Å². The predicted molar refractivity (Wildman–Crippen MR) is 99.3 cm³/mol. The van der Waals surface area contributed by atoms with Crippen molar-refractivity contribution in [3.8, 4) is 17.3 Å². The van der Waals surface area contributed by atoms with Crippen LogP contribution in [0.1, 0.15) is 18.4 Å². The average molecular weight is 332 g/mol. The summed E-state index contributed by atoms with van der Waals surface area (Å²) in [5, 5.41) is 12.7. The number of likely N-dealkylation sites (tertiary alicyclic amines) is 1. The second-order valence-electron chi connectivity index (χ2n) is 5.90. The van der Waals surface area contributed by atoms with Crippen LogP contribution in [0.15, 0.2) is 64.7 Å². The van der Waals surface area contributed by atoms with E-state index in [-0.39, 0.29) is 6.04 Å². The van der Waals surface area contributed by atoms with Crippen LogP contribution in [0.2, 0.25) is 0 Å². The highest BCUT2D eigenvalue weighted by Crippen LogP contribution is 2.21. The molecule has 0 radical (unpaired) electrons. The van der Waals surface area contributed by atoms with E-state index in [0.717, 1.165) is 36.1 Å². The van der Waals surface area contributed by atoms with Gasteiger partial charge in [0, 0.05) is 18.8 Å². The number of hydrogen-bond acceptors (Lipinski definition) is 5. The third-order valence-electron chi connectivity index (χ3n) is 4.32. The highest BCUT2D eigenvalue weighted by molar-refractivity contribution is 5.95. The molecule has 1 saturated heterocycles. The molecule has 2 aromatic rings. The summed E-state index contributed by atoms with van der Waals surface area (Å²) in [4.78, 5) is 11.7. The summed E-state index contributed by atoms with van der Waals surface area (Å²) in [5.74, 6) is 0.428. The molecule has 3 rings (SSSR count). The van der Waals surface area contributed by atoms with Crippen LogP contribution in [0.3, 0.4) is 0 Å². The first-order valence-electron chi connectivity index (χ1n) is 8.31. The van der Waals surface area contributed by atoms with Gasteiger partial charge in [-0.05, 0) is 36.1 Å². The van der Waals surface area contributed by atoms with Crippen LogP contribution in [0.25, 0.3) is 11.1 Å². The molecule has 25 heavy (non-hydrogen) atoms. The lowest BCUT2D eigenvalue weighted by molar-refractivity contribution is 0.325. The van der Waals surface area contributed by atoms with E-state index < -0.39 is 0 Å². The second-order valence-corrected chi connectivity index (χ2v) is 5.90. The van der Waals surface area contributed by atoms with E-state index in [0.29, 0.717) is 12.4 Å². The quantitative estimate of drug-likeness (QED) is 0.363. The summed E-state index contributed by atoms with van der Waals surface area (Å²) in [6, 6.07) is 18.2. The van der Waals surface area contributed by atoms with Gasteiger partial charge >= 0.3 is 0 Å². The van der Waals surface area contributed by atoms with Crippen molar-refractivity contribution in [3.63, 3.8) is 0 Å². The molecular formula is C20H20N4O. The molecule has 5 heteroatoms. The van der Waals surface area contributed by atoms with Crippen LogP contribution in [-0.4, -0.2) is 36.6 Å². The molecule has 126 valence electrons. The van der Waals surface area contributed by atoms with Gasteiger partial charge in [0.05, 0.1) is 12.6 Å². The number of nitriles is 1.